The molecule has 2 nitrogen and oxygen atoms in total. The van der Waals surface area contributed by atoms with Crippen molar-refractivity contribution in [1.82, 2.24) is 0 Å². The van der Waals surface area contributed by atoms with Gasteiger partial charge in [-0.2, -0.15) is 0 Å². The maximum atomic E-state index is 11.8. The molecule has 4 rings (SSSR count). The zero-order chi connectivity index (χ0) is 19.3. The summed E-state index contributed by atoms with van der Waals surface area (Å²) in [6.07, 6.45) is 15.9. The summed E-state index contributed by atoms with van der Waals surface area (Å²) in [5, 5.41) is 2.45. The average molecular weight is 379 g/mol. The smallest absolute Gasteiger partial charge is 0.159 e. The molecule has 0 unspecified atom stereocenters. The van der Waals surface area contributed by atoms with Crippen LogP contribution in [0.1, 0.15) is 93.5 Å². The Morgan fingerprint density at radius 2 is 1.57 bits per heavy atom. The van der Waals surface area contributed by atoms with E-state index in [2.05, 4.69) is 24.3 Å². The van der Waals surface area contributed by atoms with E-state index in [4.69, 9.17) is 4.74 Å². The van der Waals surface area contributed by atoms with Gasteiger partial charge in [-0.3, -0.25) is 4.79 Å². The standard InChI is InChI=1S/C26H34O2/c1-19(27)21-13-15-24-22(18-21)14-16-26(28-23-11-7-2-3-8-12-23)25(24)17-20-9-5-4-6-10-20/h13-16,18,20,23H,2-12,17H2,1H3. The molecule has 2 heteroatoms. The Morgan fingerprint density at radius 1 is 0.893 bits per heavy atom. The Balaban J connectivity index is 1.68. The minimum Gasteiger partial charge on any atom is -0.490 e. The number of rotatable bonds is 5. The molecule has 2 saturated carbocycles. The van der Waals surface area contributed by atoms with Gasteiger partial charge >= 0.3 is 0 Å². The molecule has 0 aliphatic heterocycles. The van der Waals surface area contributed by atoms with Gasteiger partial charge in [0.05, 0.1) is 6.10 Å². The number of hydrogen-bond acceptors (Lipinski definition) is 2. The second-order valence-electron chi connectivity index (χ2n) is 8.97. The van der Waals surface area contributed by atoms with E-state index < -0.39 is 0 Å². The Kier molecular flexibility index (Phi) is 6.34. The normalized spacial score (nSPS) is 19.5. The first-order valence-corrected chi connectivity index (χ1v) is 11.4. The third-order valence-electron chi connectivity index (χ3n) is 6.81. The van der Waals surface area contributed by atoms with Gasteiger partial charge in [-0.1, -0.05) is 63.1 Å². The summed E-state index contributed by atoms with van der Waals surface area (Å²) in [7, 11) is 0. The van der Waals surface area contributed by atoms with Gasteiger partial charge in [-0.15, -0.1) is 0 Å². The van der Waals surface area contributed by atoms with Gasteiger partial charge in [0.15, 0.2) is 5.78 Å². The van der Waals surface area contributed by atoms with Gasteiger partial charge in [0, 0.05) is 11.1 Å². The van der Waals surface area contributed by atoms with E-state index in [-0.39, 0.29) is 5.78 Å². The van der Waals surface area contributed by atoms with Crippen LogP contribution in [-0.4, -0.2) is 11.9 Å². The number of benzene rings is 2. The molecule has 0 radical (unpaired) electrons. The molecule has 0 bridgehead atoms. The van der Waals surface area contributed by atoms with Crippen molar-refractivity contribution in [3.05, 3.63) is 41.5 Å². The van der Waals surface area contributed by atoms with Crippen LogP contribution in [0.5, 0.6) is 5.75 Å². The molecule has 0 aromatic heterocycles. The quantitative estimate of drug-likeness (QED) is 0.404. The number of hydrogen-bond donors (Lipinski definition) is 0. The maximum absolute atomic E-state index is 11.8. The molecule has 2 aliphatic carbocycles. The number of Topliss-reactive ketones (excluding diaryl/α,β-unsaturated/α-hetero) is 1. The first-order valence-electron chi connectivity index (χ1n) is 11.4. The van der Waals surface area contributed by atoms with E-state index in [1.807, 2.05) is 6.07 Å². The lowest BCUT2D eigenvalue weighted by Gasteiger charge is -2.25. The molecule has 2 aromatic carbocycles. The third-order valence-corrected chi connectivity index (χ3v) is 6.81. The molecule has 0 atom stereocenters. The molecule has 2 aromatic rings. The van der Waals surface area contributed by atoms with E-state index in [9.17, 15) is 4.79 Å². The Hall–Kier alpha value is -1.83. The maximum Gasteiger partial charge on any atom is 0.159 e. The summed E-state index contributed by atoms with van der Waals surface area (Å²) in [6, 6.07) is 10.5. The number of carbonyl (C=O) groups excluding carboxylic acids is 1. The predicted octanol–water partition coefficient (Wildman–Crippen LogP) is 7.27. The third kappa shape index (κ3) is 4.59. The predicted molar refractivity (Wildman–Crippen MR) is 116 cm³/mol. The molecular weight excluding hydrogens is 344 g/mol. The number of ketones is 1. The largest absolute Gasteiger partial charge is 0.490 e. The van der Waals surface area contributed by atoms with Crippen LogP contribution in [0.2, 0.25) is 0 Å². The summed E-state index contributed by atoms with van der Waals surface area (Å²) in [4.78, 5) is 11.8. The molecule has 0 heterocycles. The van der Waals surface area contributed by atoms with Crippen molar-refractivity contribution in [2.24, 2.45) is 5.92 Å². The van der Waals surface area contributed by atoms with E-state index in [0.29, 0.717) is 6.10 Å². The zero-order valence-corrected chi connectivity index (χ0v) is 17.3. The second-order valence-corrected chi connectivity index (χ2v) is 8.97. The highest BCUT2D eigenvalue weighted by atomic mass is 16.5. The van der Waals surface area contributed by atoms with Crippen molar-refractivity contribution >= 4 is 16.6 Å². The summed E-state index contributed by atoms with van der Waals surface area (Å²) in [5.41, 5.74) is 2.18. The fraction of sp³-hybridized carbons (Fsp3) is 0.577. The molecule has 2 fully saturated rings. The lowest BCUT2D eigenvalue weighted by molar-refractivity contribution is 0.101. The van der Waals surface area contributed by atoms with Crippen molar-refractivity contribution in [2.45, 2.75) is 90.1 Å². The van der Waals surface area contributed by atoms with Crippen LogP contribution in [0.4, 0.5) is 0 Å². The van der Waals surface area contributed by atoms with Gasteiger partial charge in [0.2, 0.25) is 0 Å². The summed E-state index contributed by atoms with van der Waals surface area (Å²) in [5.74, 6) is 2.00. The van der Waals surface area contributed by atoms with Crippen LogP contribution in [0.3, 0.4) is 0 Å². The highest BCUT2D eigenvalue weighted by molar-refractivity contribution is 5.99. The highest BCUT2D eigenvalue weighted by Crippen LogP contribution is 2.36. The Morgan fingerprint density at radius 3 is 2.29 bits per heavy atom. The number of carbonyl (C=O) groups is 1. The minimum atomic E-state index is 0.134. The lowest BCUT2D eigenvalue weighted by atomic mass is 9.83. The second kappa shape index (κ2) is 9.11. The van der Waals surface area contributed by atoms with Crippen molar-refractivity contribution < 1.29 is 9.53 Å². The monoisotopic (exact) mass is 378 g/mol. The van der Waals surface area contributed by atoms with Gasteiger partial charge < -0.3 is 4.74 Å². The fourth-order valence-corrected chi connectivity index (χ4v) is 5.13. The van der Waals surface area contributed by atoms with Gasteiger partial charge in [-0.05, 0) is 67.9 Å². The fourth-order valence-electron chi connectivity index (χ4n) is 5.13. The number of fused-ring (bicyclic) bond motifs is 1. The van der Waals surface area contributed by atoms with Crippen molar-refractivity contribution in [3.63, 3.8) is 0 Å². The SMILES string of the molecule is CC(=O)c1ccc2c(CC3CCCCC3)c(OC3CCCCCC3)ccc2c1. The van der Waals surface area contributed by atoms with Gasteiger partial charge in [-0.25, -0.2) is 0 Å². The van der Waals surface area contributed by atoms with Crippen LogP contribution in [0.15, 0.2) is 30.3 Å². The minimum absolute atomic E-state index is 0.134. The van der Waals surface area contributed by atoms with Crippen LogP contribution < -0.4 is 4.74 Å². The summed E-state index contributed by atoms with van der Waals surface area (Å²) in [6.45, 7) is 1.65. The van der Waals surface area contributed by atoms with Crippen molar-refractivity contribution in [2.75, 3.05) is 0 Å². The summed E-state index contributed by atoms with van der Waals surface area (Å²) >= 11 is 0. The molecule has 0 N–H and O–H groups in total. The van der Waals surface area contributed by atoms with E-state index in [1.54, 1.807) is 6.92 Å². The molecule has 0 saturated heterocycles. The van der Waals surface area contributed by atoms with Gasteiger partial charge in [0.1, 0.15) is 5.75 Å². The van der Waals surface area contributed by atoms with E-state index >= 15 is 0 Å². The Labute approximate surface area is 169 Å². The number of ether oxygens (including phenoxy) is 1. The Bertz CT molecular complexity index is 809. The van der Waals surface area contributed by atoms with Crippen LogP contribution in [-0.2, 0) is 6.42 Å². The van der Waals surface area contributed by atoms with Crippen LogP contribution >= 0.6 is 0 Å². The topological polar surface area (TPSA) is 26.3 Å². The first kappa shape index (κ1) is 19.5. The zero-order valence-electron chi connectivity index (χ0n) is 17.3. The van der Waals surface area contributed by atoms with Crippen molar-refractivity contribution in [1.29, 1.82) is 0 Å². The molecule has 0 spiro atoms. The molecule has 28 heavy (non-hydrogen) atoms. The van der Waals surface area contributed by atoms with Gasteiger partial charge in [0.25, 0.3) is 0 Å². The average Bonchev–Trinajstić information content (AvgIpc) is 2.99. The van der Waals surface area contributed by atoms with Crippen LogP contribution in [0.25, 0.3) is 10.8 Å². The summed E-state index contributed by atoms with van der Waals surface area (Å²) < 4.78 is 6.63. The molecule has 2 aliphatic rings. The molecule has 0 amide bonds. The van der Waals surface area contributed by atoms with E-state index in [0.717, 1.165) is 23.7 Å². The molecular formula is C26H34O2. The first-order chi connectivity index (χ1) is 13.7. The highest BCUT2D eigenvalue weighted by Gasteiger charge is 2.21. The van der Waals surface area contributed by atoms with Crippen molar-refractivity contribution in [3.8, 4) is 5.75 Å². The lowest BCUT2D eigenvalue weighted by Crippen LogP contribution is -2.17. The van der Waals surface area contributed by atoms with E-state index in [1.165, 1.54) is 87.0 Å². The van der Waals surface area contributed by atoms with Crippen LogP contribution in [0, 0.1) is 5.92 Å². The molecule has 150 valence electrons.